The summed E-state index contributed by atoms with van der Waals surface area (Å²) in [5.74, 6) is 0.879. The van der Waals surface area contributed by atoms with E-state index in [-0.39, 0.29) is 6.10 Å². The first-order valence-electron chi connectivity index (χ1n) is 6.81. The molecule has 0 aliphatic heterocycles. The number of aryl methyl sites for hydroxylation is 1. The number of hydrogen-bond acceptors (Lipinski definition) is 4. The molecule has 0 spiro atoms. The van der Waals surface area contributed by atoms with Gasteiger partial charge in [0, 0.05) is 20.1 Å². The van der Waals surface area contributed by atoms with Gasteiger partial charge < -0.3 is 19.3 Å². The van der Waals surface area contributed by atoms with E-state index in [2.05, 4.69) is 0 Å². The third kappa shape index (κ3) is 4.20. The number of benzene rings is 1. The summed E-state index contributed by atoms with van der Waals surface area (Å²) in [6, 6.07) is 5.94. The molecule has 1 aromatic carbocycles. The lowest BCUT2D eigenvalue weighted by molar-refractivity contribution is 0.0644. The molecule has 4 heteroatoms. The first kappa shape index (κ1) is 14.3. The molecule has 0 fully saturated rings. The predicted octanol–water partition coefficient (Wildman–Crippen LogP) is 2.10. The van der Waals surface area contributed by atoms with E-state index in [0.29, 0.717) is 26.4 Å². The van der Waals surface area contributed by atoms with Crippen LogP contribution in [0.15, 0.2) is 18.2 Å². The van der Waals surface area contributed by atoms with Gasteiger partial charge in [-0.2, -0.15) is 0 Å². The highest BCUT2D eigenvalue weighted by atomic mass is 16.5. The van der Waals surface area contributed by atoms with Gasteiger partial charge in [0.1, 0.15) is 5.75 Å². The molecule has 1 atom stereocenters. The van der Waals surface area contributed by atoms with Crippen molar-refractivity contribution in [2.45, 2.75) is 25.4 Å². The summed E-state index contributed by atoms with van der Waals surface area (Å²) < 4.78 is 15.9. The summed E-state index contributed by atoms with van der Waals surface area (Å²) in [5, 5.41) is 9.72. The fourth-order valence-electron chi connectivity index (χ4n) is 2.26. The van der Waals surface area contributed by atoms with Crippen molar-refractivity contribution < 1.29 is 19.3 Å². The lowest BCUT2D eigenvalue weighted by atomic mass is 10.1. The smallest absolute Gasteiger partial charge is 0.119 e. The van der Waals surface area contributed by atoms with Crippen LogP contribution >= 0.6 is 0 Å². The van der Waals surface area contributed by atoms with Crippen LogP contribution in [-0.4, -0.2) is 38.6 Å². The molecule has 1 N–H and O–H groups in total. The Kier molecular flexibility index (Phi) is 5.63. The molecule has 0 unspecified atom stereocenters. The predicted molar refractivity (Wildman–Crippen MR) is 72.5 cm³/mol. The number of aliphatic hydroxyl groups is 1. The second kappa shape index (κ2) is 7.48. The van der Waals surface area contributed by atoms with Crippen LogP contribution in [0.5, 0.6) is 5.75 Å². The van der Waals surface area contributed by atoms with Crippen LogP contribution in [0.4, 0.5) is 0 Å². The van der Waals surface area contributed by atoms with Crippen LogP contribution in [-0.2, 0) is 15.9 Å². The number of fused-ring (bicyclic) bond motifs is 1. The van der Waals surface area contributed by atoms with Gasteiger partial charge in [-0.3, -0.25) is 0 Å². The third-order valence-electron chi connectivity index (χ3n) is 3.29. The van der Waals surface area contributed by atoms with E-state index in [1.54, 1.807) is 7.11 Å². The maximum atomic E-state index is 9.72. The maximum Gasteiger partial charge on any atom is 0.119 e. The van der Waals surface area contributed by atoms with Crippen molar-refractivity contribution in [2.75, 3.05) is 33.5 Å². The number of ether oxygens (including phenoxy) is 3. The molecule has 2 rings (SSSR count). The maximum absolute atomic E-state index is 9.72. The number of hydrogen-bond donors (Lipinski definition) is 1. The molecule has 1 aliphatic rings. The minimum Gasteiger partial charge on any atom is -0.493 e. The Bertz CT molecular complexity index is 392. The zero-order valence-corrected chi connectivity index (χ0v) is 11.4. The molecule has 106 valence electrons. The molecule has 0 aromatic heterocycles. The minimum absolute atomic E-state index is 0.293. The van der Waals surface area contributed by atoms with E-state index >= 15 is 0 Å². The van der Waals surface area contributed by atoms with Crippen molar-refractivity contribution in [1.82, 2.24) is 0 Å². The van der Waals surface area contributed by atoms with Crippen molar-refractivity contribution in [2.24, 2.45) is 0 Å². The topological polar surface area (TPSA) is 47.9 Å². The van der Waals surface area contributed by atoms with Crippen molar-refractivity contribution in [3.8, 4) is 5.75 Å². The van der Waals surface area contributed by atoms with E-state index < -0.39 is 0 Å². The van der Waals surface area contributed by atoms with Gasteiger partial charge in [-0.1, -0.05) is 6.07 Å². The highest BCUT2D eigenvalue weighted by molar-refractivity contribution is 5.39. The van der Waals surface area contributed by atoms with E-state index in [9.17, 15) is 5.11 Å². The number of methoxy groups -OCH3 is 1. The van der Waals surface area contributed by atoms with E-state index in [1.165, 1.54) is 5.56 Å². The normalized spacial score (nSPS) is 17.5. The Morgan fingerprint density at radius 1 is 1.21 bits per heavy atom. The SMILES string of the molecule is COCCOCCCOc1ccc2c(c1)CC[C@H]2O. The van der Waals surface area contributed by atoms with Gasteiger partial charge in [-0.15, -0.1) is 0 Å². The molecule has 0 heterocycles. The monoisotopic (exact) mass is 266 g/mol. The second-order valence-corrected chi connectivity index (χ2v) is 4.72. The van der Waals surface area contributed by atoms with E-state index in [4.69, 9.17) is 14.2 Å². The zero-order valence-electron chi connectivity index (χ0n) is 11.4. The summed E-state index contributed by atoms with van der Waals surface area (Å²) in [7, 11) is 1.66. The van der Waals surface area contributed by atoms with E-state index in [1.807, 2.05) is 18.2 Å². The van der Waals surface area contributed by atoms with Crippen molar-refractivity contribution in [3.63, 3.8) is 0 Å². The Morgan fingerprint density at radius 2 is 2.11 bits per heavy atom. The summed E-state index contributed by atoms with van der Waals surface area (Å²) >= 11 is 0. The van der Waals surface area contributed by atoms with Gasteiger partial charge in [0.25, 0.3) is 0 Å². The zero-order chi connectivity index (χ0) is 13.5. The van der Waals surface area contributed by atoms with Gasteiger partial charge in [0.15, 0.2) is 0 Å². The third-order valence-corrected chi connectivity index (χ3v) is 3.29. The molecule has 0 bridgehead atoms. The minimum atomic E-state index is -0.293. The largest absolute Gasteiger partial charge is 0.493 e. The summed E-state index contributed by atoms with van der Waals surface area (Å²) in [6.45, 7) is 2.60. The highest BCUT2D eigenvalue weighted by Gasteiger charge is 2.20. The van der Waals surface area contributed by atoms with Crippen molar-refractivity contribution in [3.05, 3.63) is 29.3 Å². The molecular weight excluding hydrogens is 244 g/mol. The molecule has 1 aliphatic carbocycles. The Hall–Kier alpha value is -1.10. The highest BCUT2D eigenvalue weighted by Crippen LogP contribution is 2.33. The average molecular weight is 266 g/mol. The number of aliphatic hydroxyl groups excluding tert-OH is 1. The van der Waals surface area contributed by atoms with Crippen molar-refractivity contribution in [1.29, 1.82) is 0 Å². The molecule has 0 amide bonds. The molecular formula is C15H22O4. The average Bonchev–Trinajstić information content (AvgIpc) is 2.79. The number of rotatable bonds is 8. The van der Waals surface area contributed by atoms with Crippen LogP contribution in [0, 0.1) is 0 Å². The van der Waals surface area contributed by atoms with Gasteiger partial charge in [0.05, 0.1) is 25.9 Å². The molecule has 19 heavy (non-hydrogen) atoms. The van der Waals surface area contributed by atoms with Gasteiger partial charge in [-0.25, -0.2) is 0 Å². The first-order valence-corrected chi connectivity index (χ1v) is 6.81. The first-order chi connectivity index (χ1) is 9.31. The van der Waals surface area contributed by atoms with Crippen molar-refractivity contribution >= 4 is 0 Å². The summed E-state index contributed by atoms with van der Waals surface area (Å²) in [5.41, 5.74) is 2.26. The standard InChI is InChI=1S/C15H22O4/c1-17-9-10-18-7-2-8-19-13-4-5-14-12(11-13)3-6-15(14)16/h4-5,11,15-16H,2-3,6-10H2,1H3/t15-/m1/s1. The second-order valence-electron chi connectivity index (χ2n) is 4.72. The molecule has 0 radical (unpaired) electrons. The fourth-order valence-corrected chi connectivity index (χ4v) is 2.26. The summed E-state index contributed by atoms with van der Waals surface area (Å²) in [4.78, 5) is 0. The quantitative estimate of drug-likeness (QED) is 0.732. The molecule has 4 nitrogen and oxygen atoms in total. The molecule has 0 saturated carbocycles. The Labute approximate surface area is 114 Å². The van der Waals surface area contributed by atoms with Crippen LogP contribution < -0.4 is 4.74 Å². The Morgan fingerprint density at radius 3 is 2.95 bits per heavy atom. The molecule has 0 saturated heterocycles. The summed E-state index contributed by atoms with van der Waals surface area (Å²) in [6.07, 6.45) is 2.34. The van der Waals surface area contributed by atoms with Crippen LogP contribution in [0.2, 0.25) is 0 Å². The van der Waals surface area contributed by atoms with Gasteiger partial charge >= 0.3 is 0 Å². The fraction of sp³-hybridized carbons (Fsp3) is 0.600. The van der Waals surface area contributed by atoms with Crippen LogP contribution in [0.25, 0.3) is 0 Å². The van der Waals surface area contributed by atoms with Crippen LogP contribution in [0.3, 0.4) is 0 Å². The van der Waals surface area contributed by atoms with Crippen LogP contribution in [0.1, 0.15) is 30.1 Å². The lowest BCUT2D eigenvalue weighted by Crippen LogP contribution is -2.06. The molecule has 1 aromatic rings. The van der Waals surface area contributed by atoms with Gasteiger partial charge in [-0.05, 0) is 36.1 Å². The van der Waals surface area contributed by atoms with Gasteiger partial charge in [0.2, 0.25) is 0 Å². The van der Waals surface area contributed by atoms with E-state index in [0.717, 1.165) is 30.6 Å². The lowest BCUT2D eigenvalue weighted by Gasteiger charge is -2.09. The Balaban J connectivity index is 1.67.